The van der Waals surface area contributed by atoms with Crippen molar-refractivity contribution in [2.45, 2.75) is 5.16 Å². The standard InChI is InChI=1S/C17H11FN6O4S/c18-11-4-3-10(8-13(11)24(26)27)19-16(25)9-29-17-21-20-15-6-5-12(22-23(15)17)14-2-1-7-28-14/h1-8H,9H2,(H,19,25). The van der Waals surface area contributed by atoms with Crippen molar-refractivity contribution < 1.29 is 18.5 Å². The maximum absolute atomic E-state index is 13.4. The lowest BCUT2D eigenvalue weighted by molar-refractivity contribution is -0.387. The van der Waals surface area contributed by atoms with Gasteiger partial charge in [0, 0.05) is 11.8 Å². The number of aromatic nitrogens is 4. The average molecular weight is 414 g/mol. The number of hydrogen-bond donors (Lipinski definition) is 1. The Hall–Kier alpha value is -3.80. The topological polar surface area (TPSA) is 128 Å². The van der Waals surface area contributed by atoms with Crippen molar-refractivity contribution in [1.82, 2.24) is 19.8 Å². The van der Waals surface area contributed by atoms with Crippen LogP contribution >= 0.6 is 11.8 Å². The van der Waals surface area contributed by atoms with Crippen LogP contribution in [0.5, 0.6) is 0 Å². The molecule has 0 saturated heterocycles. The maximum atomic E-state index is 13.4. The molecule has 0 unspecified atom stereocenters. The predicted molar refractivity (Wildman–Crippen MR) is 101 cm³/mol. The zero-order valence-electron chi connectivity index (χ0n) is 14.5. The van der Waals surface area contributed by atoms with Crippen LogP contribution in [0.3, 0.4) is 0 Å². The summed E-state index contributed by atoms with van der Waals surface area (Å²) in [4.78, 5) is 22.1. The second-order valence-corrected chi connectivity index (χ2v) is 6.65. The van der Waals surface area contributed by atoms with Crippen molar-refractivity contribution in [2.75, 3.05) is 11.1 Å². The van der Waals surface area contributed by atoms with Gasteiger partial charge in [0.05, 0.1) is 16.9 Å². The summed E-state index contributed by atoms with van der Waals surface area (Å²) in [6.07, 6.45) is 1.53. The number of furan rings is 1. The van der Waals surface area contributed by atoms with E-state index in [9.17, 15) is 19.3 Å². The predicted octanol–water partition coefficient (Wildman–Crippen LogP) is 3.16. The molecule has 0 spiro atoms. The van der Waals surface area contributed by atoms with E-state index >= 15 is 0 Å². The van der Waals surface area contributed by atoms with Gasteiger partial charge in [-0.3, -0.25) is 14.9 Å². The lowest BCUT2D eigenvalue weighted by Crippen LogP contribution is -2.14. The third-order valence-corrected chi connectivity index (χ3v) is 4.69. The lowest BCUT2D eigenvalue weighted by Gasteiger charge is -2.05. The minimum absolute atomic E-state index is 0.0569. The molecule has 0 aliphatic rings. The van der Waals surface area contributed by atoms with E-state index in [0.29, 0.717) is 22.3 Å². The number of fused-ring (bicyclic) bond motifs is 1. The van der Waals surface area contributed by atoms with Gasteiger partial charge in [-0.05, 0) is 36.4 Å². The monoisotopic (exact) mass is 414 g/mol. The van der Waals surface area contributed by atoms with Gasteiger partial charge in [-0.15, -0.1) is 10.2 Å². The zero-order chi connectivity index (χ0) is 20.4. The Kier molecular flexibility index (Phi) is 4.91. The van der Waals surface area contributed by atoms with E-state index in [4.69, 9.17) is 4.42 Å². The molecule has 1 aromatic carbocycles. The Labute approximate surface area is 165 Å². The summed E-state index contributed by atoms with van der Waals surface area (Å²) in [6.45, 7) is 0. The Morgan fingerprint density at radius 1 is 1.28 bits per heavy atom. The molecule has 1 amide bonds. The van der Waals surface area contributed by atoms with Gasteiger partial charge in [0.15, 0.2) is 11.4 Å². The van der Waals surface area contributed by atoms with Gasteiger partial charge in [-0.2, -0.15) is 14.0 Å². The van der Waals surface area contributed by atoms with Crippen LogP contribution in [-0.2, 0) is 4.79 Å². The van der Waals surface area contributed by atoms with Crippen LogP contribution in [-0.4, -0.2) is 36.4 Å². The van der Waals surface area contributed by atoms with Crippen molar-refractivity contribution in [3.63, 3.8) is 0 Å². The van der Waals surface area contributed by atoms with Crippen molar-refractivity contribution in [1.29, 1.82) is 0 Å². The first kappa shape index (κ1) is 18.6. The van der Waals surface area contributed by atoms with E-state index in [1.807, 2.05) is 0 Å². The molecule has 3 heterocycles. The highest BCUT2D eigenvalue weighted by molar-refractivity contribution is 7.99. The SMILES string of the molecule is O=C(CSc1nnc2ccc(-c3ccco3)nn12)Nc1ccc(F)c([N+](=O)[O-])c1. The summed E-state index contributed by atoms with van der Waals surface area (Å²) in [7, 11) is 0. The van der Waals surface area contributed by atoms with Gasteiger partial charge in [-0.1, -0.05) is 11.8 Å². The first-order chi connectivity index (χ1) is 14.0. The van der Waals surface area contributed by atoms with E-state index in [-0.39, 0.29) is 11.4 Å². The van der Waals surface area contributed by atoms with Gasteiger partial charge in [0.25, 0.3) is 0 Å². The smallest absolute Gasteiger partial charge is 0.306 e. The molecular formula is C17H11FN6O4S. The molecule has 0 aliphatic carbocycles. The number of halogens is 1. The zero-order valence-corrected chi connectivity index (χ0v) is 15.3. The van der Waals surface area contributed by atoms with E-state index in [2.05, 4.69) is 20.6 Å². The number of carbonyl (C=O) groups is 1. The van der Waals surface area contributed by atoms with Crippen LogP contribution in [0.1, 0.15) is 0 Å². The fourth-order valence-corrected chi connectivity index (χ4v) is 3.16. The van der Waals surface area contributed by atoms with Crippen molar-refractivity contribution in [2.24, 2.45) is 0 Å². The van der Waals surface area contributed by atoms with Crippen LogP contribution in [0.15, 0.2) is 58.3 Å². The molecule has 0 fully saturated rings. The molecule has 12 heteroatoms. The molecule has 146 valence electrons. The van der Waals surface area contributed by atoms with E-state index < -0.39 is 22.3 Å². The van der Waals surface area contributed by atoms with Crippen LogP contribution in [0.2, 0.25) is 0 Å². The summed E-state index contributed by atoms with van der Waals surface area (Å²) in [5, 5.41) is 26.1. The highest BCUT2D eigenvalue weighted by Crippen LogP contribution is 2.23. The van der Waals surface area contributed by atoms with Gasteiger partial charge >= 0.3 is 5.69 Å². The average Bonchev–Trinajstić information content (AvgIpc) is 3.37. The number of anilines is 1. The molecule has 10 nitrogen and oxygen atoms in total. The van der Waals surface area contributed by atoms with E-state index in [1.165, 1.54) is 16.8 Å². The first-order valence-corrected chi connectivity index (χ1v) is 9.13. The van der Waals surface area contributed by atoms with Gasteiger partial charge in [0.2, 0.25) is 16.9 Å². The minimum Gasteiger partial charge on any atom is -0.463 e. The van der Waals surface area contributed by atoms with Gasteiger partial charge < -0.3 is 9.73 Å². The van der Waals surface area contributed by atoms with Crippen LogP contribution in [0.25, 0.3) is 17.1 Å². The summed E-state index contributed by atoms with van der Waals surface area (Å²) >= 11 is 1.08. The third kappa shape index (κ3) is 3.91. The number of hydrogen-bond acceptors (Lipinski definition) is 8. The molecule has 0 atom stereocenters. The summed E-state index contributed by atoms with van der Waals surface area (Å²) < 4.78 is 20.2. The number of nitrogens with zero attached hydrogens (tertiary/aromatic N) is 5. The summed E-state index contributed by atoms with van der Waals surface area (Å²) in [5.41, 5.74) is 0.478. The number of nitro groups is 1. The molecule has 29 heavy (non-hydrogen) atoms. The van der Waals surface area contributed by atoms with Crippen LogP contribution < -0.4 is 5.32 Å². The fraction of sp³-hybridized carbons (Fsp3) is 0.0588. The molecule has 0 saturated carbocycles. The molecule has 4 aromatic rings. The number of thioether (sulfide) groups is 1. The summed E-state index contributed by atoms with van der Waals surface area (Å²) in [5.74, 6) is -0.906. The Bertz CT molecular complexity index is 1210. The Balaban J connectivity index is 1.47. The normalized spacial score (nSPS) is 10.9. The number of benzene rings is 1. The van der Waals surface area contributed by atoms with Crippen molar-refractivity contribution in [3.05, 3.63) is 64.7 Å². The highest BCUT2D eigenvalue weighted by Gasteiger charge is 2.16. The van der Waals surface area contributed by atoms with E-state index in [1.54, 1.807) is 24.3 Å². The molecule has 0 aliphatic heterocycles. The third-order valence-electron chi connectivity index (χ3n) is 3.77. The van der Waals surface area contributed by atoms with Crippen LogP contribution in [0.4, 0.5) is 15.8 Å². The lowest BCUT2D eigenvalue weighted by atomic mass is 10.2. The molecule has 4 rings (SSSR count). The first-order valence-electron chi connectivity index (χ1n) is 8.14. The largest absolute Gasteiger partial charge is 0.463 e. The maximum Gasteiger partial charge on any atom is 0.306 e. The van der Waals surface area contributed by atoms with Gasteiger partial charge in [-0.25, -0.2) is 0 Å². The summed E-state index contributed by atoms with van der Waals surface area (Å²) in [6, 6.07) is 10.1. The number of nitrogens with one attached hydrogen (secondary N) is 1. The molecule has 0 bridgehead atoms. The number of amides is 1. The number of nitro benzene ring substituents is 1. The Morgan fingerprint density at radius 2 is 2.14 bits per heavy atom. The molecule has 1 N–H and O–H groups in total. The fourth-order valence-electron chi connectivity index (χ4n) is 2.47. The van der Waals surface area contributed by atoms with Crippen molar-refractivity contribution >= 4 is 34.7 Å². The molecule has 3 aromatic heterocycles. The molecular weight excluding hydrogens is 403 g/mol. The Morgan fingerprint density at radius 3 is 2.90 bits per heavy atom. The van der Waals surface area contributed by atoms with Gasteiger partial charge in [0.1, 0.15) is 5.69 Å². The second-order valence-electron chi connectivity index (χ2n) is 5.71. The number of carbonyl (C=O) groups excluding carboxylic acids is 1. The highest BCUT2D eigenvalue weighted by atomic mass is 32.2. The molecule has 0 radical (unpaired) electrons. The second kappa shape index (κ2) is 7.67. The van der Waals surface area contributed by atoms with Crippen LogP contribution in [0, 0.1) is 15.9 Å². The van der Waals surface area contributed by atoms with E-state index in [0.717, 1.165) is 23.9 Å². The quantitative estimate of drug-likeness (QED) is 0.289. The van der Waals surface area contributed by atoms with Crippen molar-refractivity contribution in [3.8, 4) is 11.5 Å². The minimum atomic E-state index is -0.976. The number of rotatable bonds is 6.